The van der Waals surface area contributed by atoms with Crippen molar-refractivity contribution in [2.24, 2.45) is 5.41 Å². The maximum atomic E-state index is 8.95. The first-order valence-electron chi connectivity index (χ1n) is 7.36. The number of rotatable bonds is 4. The number of nitriles is 1. The van der Waals surface area contributed by atoms with Crippen LogP contribution in [0.5, 0.6) is 0 Å². The molecule has 1 unspecified atom stereocenters. The van der Waals surface area contributed by atoms with E-state index in [2.05, 4.69) is 31.3 Å². The van der Waals surface area contributed by atoms with Crippen molar-refractivity contribution < 1.29 is 0 Å². The molecule has 1 fully saturated rings. The van der Waals surface area contributed by atoms with Crippen LogP contribution in [0.4, 0.5) is 0 Å². The SMILES string of the molecule is CC(NCC1(C)CCCCC1)c1cccc(C#N)c1. The van der Waals surface area contributed by atoms with Crippen LogP contribution in [0.3, 0.4) is 0 Å². The van der Waals surface area contributed by atoms with Crippen LogP contribution < -0.4 is 5.32 Å². The van der Waals surface area contributed by atoms with Gasteiger partial charge in [-0.15, -0.1) is 0 Å². The standard InChI is InChI=1S/C17H24N2/c1-14(16-8-6-7-15(11-16)12-18)19-13-17(2)9-4-3-5-10-17/h6-8,11,14,19H,3-5,9-10,13H2,1-2H3. The van der Waals surface area contributed by atoms with Crippen LogP contribution in [-0.2, 0) is 0 Å². The van der Waals surface area contributed by atoms with Crippen LogP contribution in [-0.4, -0.2) is 6.54 Å². The molecule has 102 valence electrons. The molecule has 2 heteroatoms. The van der Waals surface area contributed by atoms with Crippen molar-refractivity contribution in [3.63, 3.8) is 0 Å². The lowest BCUT2D eigenvalue weighted by molar-refractivity contribution is 0.202. The van der Waals surface area contributed by atoms with Crippen LogP contribution in [0.15, 0.2) is 24.3 Å². The third kappa shape index (κ3) is 3.81. The van der Waals surface area contributed by atoms with Gasteiger partial charge in [0.15, 0.2) is 0 Å². The number of nitrogens with one attached hydrogen (secondary N) is 1. The molecule has 2 nitrogen and oxygen atoms in total. The van der Waals surface area contributed by atoms with E-state index in [0.29, 0.717) is 11.5 Å². The summed E-state index contributed by atoms with van der Waals surface area (Å²) >= 11 is 0. The Balaban J connectivity index is 1.93. The van der Waals surface area contributed by atoms with E-state index in [1.165, 1.54) is 37.7 Å². The molecule has 1 aromatic rings. The first-order valence-corrected chi connectivity index (χ1v) is 7.36. The molecule has 19 heavy (non-hydrogen) atoms. The van der Waals surface area contributed by atoms with E-state index in [0.717, 1.165) is 12.1 Å². The summed E-state index contributed by atoms with van der Waals surface area (Å²) < 4.78 is 0. The van der Waals surface area contributed by atoms with Crippen molar-refractivity contribution in [1.82, 2.24) is 5.32 Å². The molecule has 2 rings (SSSR count). The highest BCUT2D eigenvalue weighted by molar-refractivity contribution is 5.34. The molecule has 0 aromatic heterocycles. The van der Waals surface area contributed by atoms with Gasteiger partial charge in [-0.1, -0.05) is 38.3 Å². The fourth-order valence-electron chi connectivity index (χ4n) is 2.98. The highest BCUT2D eigenvalue weighted by Crippen LogP contribution is 2.35. The van der Waals surface area contributed by atoms with Crippen molar-refractivity contribution in [3.8, 4) is 6.07 Å². The minimum atomic E-state index is 0.312. The van der Waals surface area contributed by atoms with Crippen LogP contribution in [0.2, 0.25) is 0 Å². The fraction of sp³-hybridized carbons (Fsp3) is 0.588. The average molecular weight is 256 g/mol. The third-order valence-electron chi connectivity index (χ3n) is 4.41. The molecular weight excluding hydrogens is 232 g/mol. The van der Waals surface area contributed by atoms with Crippen LogP contribution >= 0.6 is 0 Å². The van der Waals surface area contributed by atoms with E-state index in [1.807, 2.05) is 18.2 Å². The van der Waals surface area contributed by atoms with Gasteiger partial charge in [0.2, 0.25) is 0 Å². The van der Waals surface area contributed by atoms with Crippen molar-refractivity contribution in [3.05, 3.63) is 35.4 Å². The Morgan fingerprint density at radius 2 is 2.05 bits per heavy atom. The van der Waals surface area contributed by atoms with Crippen molar-refractivity contribution in [2.45, 2.75) is 52.0 Å². The van der Waals surface area contributed by atoms with Gasteiger partial charge in [0.05, 0.1) is 11.6 Å². The summed E-state index contributed by atoms with van der Waals surface area (Å²) in [6.07, 6.45) is 6.82. The summed E-state index contributed by atoms with van der Waals surface area (Å²) in [4.78, 5) is 0. The van der Waals surface area contributed by atoms with Gasteiger partial charge in [0.1, 0.15) is 0 Å². The zero-order valence-electron chi connectivity index (χ0n) is 12.1. The van der Waals surface area contributed by atoms with Gasteiger partial charge < -0.3 is 5.32 Å². The van der Waals surface area contributed by atoms with Crippen LogP contribution in [0.25, 0.3) is 0 Å². The Bertz CT molecular complexity index is 453. The zero-order valence-corrected chi connectivity index (χ0v) is 12.1. The molecule has 1 aliphatic carbocycles. The number of hydrogen-bond acceptors (Lipinski definition) is 2. The third-order valence-corrected chi connectivity index (χ3v) is 4.41. The zero-order chi connectivity index (χ0) is 13.7. The highest BCUT2D eigenvalue weighted by Gasteiger charge is 2.26. The number of benzene rings is 1. The average Bonchev–Trinajstić information content (AvgIpc) is 2.46. The van der Waals surface area contributed by atoms with E-state index in [9.17, 15) is 0 Å². The predicted molar refractivity (Wildman–Crippen MR) is 78.8 cm³/mol. The summed E-state index contributed by atoms with van der Waals surface area (Å²) in [5.41, 5.74) is 2.41. The smallest absolute Gasteiger partial charge is 0.0991 e. The summed E-state index contributed by atoms with van der Waals surface area (Å²) in [6.45, 7) is 5.66. The Kier molecular flexibility index (Phi) is 4.61. The maximum absolute atomic E-state index is 8.95. The van der Waals surface area contributed by atoms with E-state index in [1.54, 1.807) is 0 Å². The fourth-order valence-corrected chi connectivity index (χ4v) is 2.98. The minimum Gasteiger partial charge on any atom is -0.310 e. The van der Waals surface area contributed by atoms with Crippen molar-refractivity contribution >= 4 is 0 Å². The Labute approximate surface area is 116 Å². The maximum Gasteiger partial charge on any atom is 0.0991 e. The summed E-state index contributed by atoms with van der Waals surface area (Å²) in [5, 5.41) is 12.6. The van der Waals surface area contributed by atoms with Gasteiger partial charge in [-0.3, -0.25) is 0 Å². The largest absolute Gasteiger partial charge is 0.310 e. The summed E-state index contributed by atoms with van der Waals surface area (Å²) in [5.74, 6) is 0. The van der Waals surface area contributed by atoms with Gasteiger partial charge in [0.25, 0.3) is 0 Å². The highest BCUT2D eigenvalue weighted by atomic mass is 14.9. The van der Waals surface area contributed by atoms with Crippen molar-refractivity contribution in [1.29, 1.82) is 5.26 Å². The lowest BCUT2D eigenvalue weighted by Gasteiger charge is -2.35. The number of hydrogen-bond donors (Lipinski definition) is 1. The second-order valence-electron chi connectivity index (χ2n) is 6.21. The molecule has 0 amide bonds. The van der Waals surface area contributed by atoms with E-state index < -0.39 is 0 Å². The molecule has 1 aromatic carbocycles. The molecule has 1 atom stereocenters. The topological polar surface area (TPSA) is 35.8 Å². The first-order chi connectivity index (χ1) is 9.13. The van der Waals surface area contributed by atoms with E-state index in [-0.39, 0.29) is 0 Å². The quantitative estimate of drug-likeness (QED) is 0.877. The molecule has 0 radical (unpaired) electrons. The Morgan fingerprint density at radius 3 is 2.74 bits per heavy atom. The summed E-state index contributed by atoms with van der Waals surface area (Å²) in [7, 11) is 0. The van der Waals surface area contributed by atoms with E-state index >= 15 is 0 Å². The van der Waals surface area contributed by atoms with Crippen molar-refractivity contribution in [2.75, 3.05) is 6.54 Å². The molecule has 0 heterocycles. The minimum absolute atomic E-state index is 0.312. The predicted octanol–water partition coefficient (Wildman–Crippen LogP) is 4.18. The van der Waals surface area contributed by atoms with Gasteiger partial charge in [-0.2, -0.15) is 5.26 Å². The number of nitrogens with zero attached hydrogens (tertiary/aromatic N) is 1. The first kappa shape index (κ1) is 14.1. The van der Waals surface area contributed by atoms with E-state index in [4.69, 9.17) is 5.26 Å². The monoisotopic (exact) mass is 256 g/mol. The molecule has 0 spiro atoms. The Morgan fingerprint density at radius 1 is 1.32 bits per heavy atom. The second kappa shape index (κ2) is 6.21. The van der Waals surface area contributed by atoms with Gasteiger partial charge >= 0.3 is 0 Å². The lowest BCUT2D eigenvalue weighted by Crippen LogP contribution is -2.34. The molecule has 1 N–H and O–H groups in total. The molecule has 0 bridgehead atoms. The van der Waals surface area contributed by atoms with Gasteiger partial charge in [0, 0.05) is 12.6 Å². The van der Waals surface area contributed by atoms with Gasteiger partial charge in [-0.25, -0.2) is 0 Å². The van der Waals surface area contributed by atoms with Gasteiger partial charge in [-0.05, 0) is 42.9 Å². The molecular formula is C17H24N2. The Hall–Kier alpha value is -1.33. The van der Waals surface area contributed by atoms with Crippen LogP contribution in [0.1, 0.15) is 63.1 Å². The second-order valence-corrected chi connectivity index (χ2v) is 6.21. The normalized spacial score (nSPS) is 19.6. The molecule has 0 saturated heterocycles. The lowest BCUT2D eigenvalue weighted by atomic mass is 9.75. The molecule has 1 aliphatic rings. The molecule has 0 aliphatic heterocycles. The summed E-state index contributed by atoms with van der Waals surface area (Å²) in [6, 6.07) is 10.4. The molecule has 1 saturated carbocycles. The van der Waals surface area contributed by atoms with Crippen LogP contribution in [0, 0.1) is 16.7 Å².